The first kappa shape index (κ1) is 22.8. The van der Waals surface area contributed by atoms with Crippen LogP contribution in [0, 0.1) is 6.92 Å². The molecule has 0 unspecified atom stereocenters. The normalized spacial score (nSPS) is 12.8. The number of benzene rings is 3. The number of anilines is 3. The number of hydrogen-bond acceptors (Lipinski definition) is 4. The van der Waals surface area contributed by atoms with Crippen LogP contribution in [0.3, 0.4) is 0 Å². The summed E-state index contributed by atoms with van der Waals surface area (Å²) in [6.45, 7) is 2.05. The van der Waals surface area contributed by atoms with Gasteiger partial charge in [-0.2, -0.15) is 13.2 Å². The number of alkyl halides is 3. The predicted molar refractivity (Wildman–Crippen MR) is 121 cm³/mol. The van der Waals surface area contributed by atoms with Crippen LogP contribution in [0.15, 0.2) is 60.7 Å². The average molecular weight is 468 g/mol. The number of carbonyl (C=O) groups is 3. The molecule has 0 aromatic heterocycles. The number of carbonyl (C=O) groups excluding carboxylic acids is 3. The molecular weight excluding hydrogens is 449 g/mol. The van der Waals surface area contributed by atoms with Crippen LogP contribution >= 0.6 is 0 Å². The zero-order valence-electron chi connectivity index (χ0n) is 17.8. The highest BCUT2D eigenvalue weighted by Gasteiger charge is 2.31. The van der Waals surface area contributed by atoms with Gasteiger partial charge < -0.3 is 21.3 Å². The molecule has 34 heavy (non-hydrogen) atoms. The zero-order chi connectivity index (χ0) is 24.5. The van der Waals surface area contributed by atoms with E-state index in [2.05, 4.69) is 21.3 Å². The first-order chi connectivity index (χ1) is 16.1. The molecule has 3 aromatic rings. The van der Waals surface area contributed by atoms with E-state index >= 15 is 0 Å². The van der Waals surface area contributed by atoms with Crippen molar-refractivity contribution in [3.8, 4) is 0 Å². The van der Waals surface area contributed by atoms with Crippen molar-refractivity contribution in [3.05, 3.63) is 88.5 Å². The van der Waals surface area contributed by atoms with Gasteiger partial charge >= 0.3 is 6.18 Å². The molecule has 0 bridgehead atoms. The molecule has 0 saturated carbocycles. The molecule has 7 nitrogen and oxygen atoms in total. The third kappa shape index (κ3) is 4.85. The number of rotatable bonds is 4. The number of halogens is 3. The van der Waals surface area contributed by atoms with E-state index in [-0.39, 0.29) is 22.7 Å². The molecule has 0 atom stereocenters. The first-order valence-electron chi connectivity index (χ1n) is 10.2. The second-order valence-corrected chi connectivity index (χ2v) is 7.64. The lowest BCUT2D eigenvalue weighted by molar-refractivity contribution is -0.137. The molecule has 0 fully saturated rings. The third-order valence-electron chi connectivity index (χ3n) is 5.25. The van der Waals surface area contributed by atoms with E-state index in [1.54, 1.807) is 31.2 Å². The molecule has 1 aliphatic rings. The molecular formula is C24H19F3N4O3. The molecule has 0 saturated heterocycles. The van der Waals surface area contributed by atoms with Crippen LogP contribution in [0.25, 0.3) is 0 Å². The predicted octanol–water partition coefficient (Wildman–Crippen LogP) is 4.63. The van der Waals surface area contributed by atoms with Gasteiger partial charge in [-0.15, -0.1) is 0 Å². The lowest BCUT2D eigenvalue weighted by Crippen LogP contribution is -2.34. The van der Waals surface area contributed by atoms with Gasteiger partial charge in [0.25, 0.3) is 17.7 Å². The highest BCUT2D eigenvalue weighted by Crippen LogP contribution is 2.30. The fourth-order valence-corrected chi connectivity index (χ4v) is 3.41. The van der Waals surface area contributed by atoms with Crippen molar-refractivity contribution in [2.24, 2.45) is 0 Å². The Balaban J connectivity index is 1.52. The Morgan fingerprint density at radius 3 is 2.38 bits per heavy atom. The van der Waals surface area contributed by atoms with Crippen molar-refractivity contribution in [3.63, 3.8) is 0 Å². The van der Waals surface area contributed by atoms with Crippen molar-refractivity contribution in [2.75, 3.05) is 22.6 Å². The van der Waals surface area contributed by atoms with E-state index in [4.69, 9.17) is 0 Å². The maximum atomic E-state index is 12.9. The minimum absolute atomic E-state index is 0.151. The van der Waals surface area contributed by atoms with Crippen molar-refractivity contribution >= 4 is 34.8 Å². The van der Waals surface area contributed by atoms with Gasteiger partial charge in [0, 0.05) is 28.2 Å². The molecule has 4 N–H and O–H groups in total. The Labute approximate surface area is 192 Å². The Hall–Kier alpha value is -4.34. The summed E-state index contributed by atoms with van der Waals surface area (Å²) in [7, 11) is 0. The van der Waals surface area contributed by atoms with Crippen molar-refractivity contribution < 1.29 is 27.6 Å². The number of amides is 3. The van der Waals surface area contributed by atoms with Crippen LogP contribution in [-0.2, 0) is 6.18 Å². The number of nitrogens with one attached hydrogen (secondary N) is 4. The zero-order valence-corrected chi connectivity index (χ0v) is 17.8. The summed E-state index contributed by atoms with van der Waals surface area (Å²) in [6.07, 6.45) is -4.56. The topological polar surface area (TPSA) is 99.3 Å². The largest absolute Gasteiger partial charge is 0.416 e. The lowest BCUT2D eigenvalue weighted by Gasteiger charge is -2.19. The standard InChI is InChI=1S/C24H19F3N4O3/c1-13-5-7-17(30-21(32)14-3-2-4-16(9-14)24(25,26)27)11-20(13)31-22(33)15-6-8-19-18(10-15)23(34)29-12-28-19/h2-11,28H,12H2,1H3,(H,29,34)(H,30,32)(H,31,33). The summed E-state index contributed by atoms with van der Waals surface area (Å²) in [6, 6.07) is 13.5. The summed E-state index contributed by atoms with van der Waals surface area (Å²) in [5, 5.41) is 10.9. The molecule has 10 heteroatoms. The van der Waals surface area contributed by atoms with Crippen LogP contribution in [0.1, 0.15) is 42.2 Å². The van der Waals surface area contributed by atoms with Crippen LogP contribution < -0.4 is 21.3 Å². The minimum atomic E-state index is -4.56. The fourth-order valence-electron chi connectivity index (χ4n) is 3.41. The van der Waals surface area contributed by atoms with Crippen LogP contribution in [0.4, 0.5) is 30.2 Å². The lowest BCUT2D eigenvalue weighted by atomic mass is 10.1. The highest BCUT2D eigenvalue weighted by molar-refractivity contribution is 6.09. The SMILES string of the molecule is Cc1ccc(NC(=O)c2cccc(C(F)(F)F)c2)cc1NC(=O)c1ccc2c(c1)C(=O)NCN2. The fraction of sp³-hybridized carbons (Fsp3) is 0.125. The maximum Gasteiger partial charge on any atom is 0.416 e. The second-order valence-electron chi connectivity index (χ2n) is 7.64. The van der Waals surface area contributed by atoms with Crippen molar-refractivity contribution in [2.45, 2.75) is 13.1 Å². The molecule has 1 heterocycles. The molecule has 174 valence electrons. The summed E-state index contributed by atoms with van der Waals surface area (Å²) >= 11 is 0. The first-order valence-corrected chi connectivity index (χ1v) is 10.2. The van der Waals surface area contributed by atoms with Gasteiger partial charge in [0.1, 0.15) is 0 Å². The molecule has 0 spiro atoms. The molecule has 0 aliphatic carbocycles. The van der Waals surface area contributed by atoms with Crippen LogP contribution in [0.2, 0.25) is 0 Å². The quantitative estimate of drug-likeness (QED) is 0.449. The summed E-state index contributed by atoms with van der Waals surface area (Å²) in [5.74, 6) is -1.48. The van der Waals surface area contributed by atoms with Gasteiger partial charge in [0.05, 0.1) is 17.8 Å². The van der Waals surface area contributed by atoms with E-state index in [9.17, 15) is 27.6 Å². The minimum Gasteiger partial charge on any atom is -0.367 e. The van der Waals surface area contributed by atoms with Crippen molar-refractivity contribution in [1.82, 2.24) is 5.32 Å². The van der Waals surface area contributed by atoms with Gasteiger partial charge in [-0.25, -0.2) is 0 Å². The highest BCUT2D eigenvalue weighted by atomic mass is 19.4. The summed E-state index contributed by atoms with van der Waals surface area (Å²) in [4.78, 5) is 37.3. The monoisotopic (exact) mass is 468 g/mol. The average Bonchev–Trinajstić information content (AvgIpc) is 2.81. The van der Waals surface area contributed by atoms with E-state index < -0.39 is 23.6 Å². The van der Waals surface area contributed by atoms with E-state index in [1.807, 2.05) is 0 Å². The Bertz CT molecular complexity index is 1300. The third-order valence-corrected chi connectivity index (χ3v) is 5.25. The molecule has 3 aromatic carbocycles. The maximum absolute atomic E-state index is 12.9. The van der Waals surface area contributed by atoms with Crippen LogP contribution in [0.5, 0.6) is 0 Å². The van der Waals surface area contributed by atoms with E-state index in [0.29, 0.717) is 29.2 Å². The van der Waals surface area contributed by atoms with Gasteiger partial charge in [-0.3, -0.25) is 14.4 Å². The second kappa shape index (κ2) is 8.89. The van der Waals surface area contributed by atoms with Gasteiger partial charge in [-0.1, -0.05) is 12.1 Å². The molecule has 3 amide bonds. The molecule has 0 radical (unpaired) electrons. The smallest absolute Gasteiger partial charge is 0.367 e. The number of aryl methyl sites for hydroxylation is 1. The van der Waals surface area contributed by atoms with Gasteiger partial charge in [-0.05, 0) is 61.0 Å². The summed E-state index contributed by atoms with van der Waals surface area (Å²) in [5.41, 5.74) is 1.53. The van der Waals surface area contributed by atoms with E-state index in [0.717, 1.165) is 18.2 Å². The summed E-state index contributed by atoms with van der Waals surface area (Å²) < 4.78 is 38.8. The van der Waals surface area contributed by atoms with E-state index in [1.165, 1.54) is 18.2 Å². The van der Waals surface area contributed by atoms with Crippen LogP contribution in [-0.4, -0.2) is 24.4 Å². The molecule has 4 rings (SSSR count). The molecule has 1 aliphatic heterocycles. The van der Waals surface area contributed by atoms with Gasteiger partial charge in [0.2, 0.25) is 0 Å². The Kier molecular flexibility index (Phi) is 5.97. The number of hydrogen-bond donors (Lipinski definition) is 4. The van der Waals surface area contributed by atoms with Crippen molar-refractivity contribution in [1.29, 1.82) is 0 Å². The number of fused-ring (bicyclic) bond motifs is 1. The van der Waals surface area contributed by atoms with Gasteiger partial charge in [0.15, 0.2) is 0 Å². The Morgan fingerprint density at radius 2 is 1.62 bits per heavy atom. The Morgan fingerprint density at radius 1 is 0.882 bits per heavy atom.